The van der Waals surface area contributed by atoms with Gasteiger partial charge in [0.05, 0.1) is 36.1 Å². The molecule has 7 nitrogen and oxygen atoms in total. The Kier molecular flexibility index (Phi) is 4.18. The standard InChI is InChI=1S/C16H19N3O4/c1-10(2)15(20)13-7-17-19-8-12(3-4-14(13)19)22-6-5-11-9-23-16(21)18-11/h3-4,7-8,10-11H,5-6,9H2,1-2H3,(H,18,21)/t11-/m0/s1. The predicted octanol–water partition coefficient (Wildman–Crippen LogP) is 2.05. The highest BCUT2D eigenvalue weighted by atomic mass is 16.6. The van der Waals surface area contributed by atoms with Crippen LogP contribution in [0.15, 0.2) is 24.5 Å². The first-order valence-electron chi connectivity index (χ1n) is 7.62. The Morgan fingerprint density at radius 1 is 1.52 bits per heavy atom. The van der Waals surface area contributed by atoms with Crippen LogP contribution in [0.2, 0.25) is 0 Å². The number of hydrogen-bond donors (Lipinski definition) is 1. The molecular weight excluding hydrogens is 298 g/mol. The van der Waals surface area contributed by atoms with Gasteiger partial charge < -0.3 is 14.8 Å². The van der Waals surface area contributed by atoms with Crippen molar-refractivity contribution >= 4 is 17.4 Å². The highest BCUT2D eigenvalue weighted by Crippen LogP contribution is 2.19. The summed E-state index contributed by atoms with van der Waals surface area (Å²) in [5.41, 5.74) is 1.39. The van der Waals surface area contributed by atoms with E-state index in [0.29, 0.717) is 30.9 Å². The van der Waals surface area contributed by atoms with Gasteiger partial charge in [0, 0.05) is 12.3 Å². The fourth-order valence-corrected chi connectivity index (χ4v) is 2.45. The molecule has 0 unspecified atom stereocenters. The SMILES string of the molecule is CC(C)C(=O)c1cnn2cc(OCC[C@H]3COC(=O)N3)ccc12. The Morgan fingerprint density at radius 2 is 2.35 bits per heavy atom. The van der Waals surface area contributed by atoms with Gasteiger partial charge in [0.2, 0.25) is 0 Å². The molecule has 122 valence electrons. The average molecular weight is 317 g/mol. The molecule has 1 N–H and O–H groups in total. The van der Waals surface area contributed by atoms with E-state index in [4.69, 9.17) is 9.47 Å². The van der Waals surface area contributed by atoms with E-state index in [1.807, 2.05) is 26.0 Å². The lowest BCUT2D eigenvalue weighted by atomic mass is 10.0. The molecule has 1 saturated heterocycles. The Balaban J connectivity index is 1.64. The van der Waals surface area contributed by atoms with Crippen LogP contribution in [0.1, 0.15) is 30.6 Å². The van der Waals surface area contributed by atoms with Crippen molar-refractivity contribution in [3.05, 3.63) is 30.1 Å². The first kappa shape index (κ1) is 15.3. The van der Waals surface area contributed by atoms with Gasteiger partial charge in [0.1, 0.15) is 12.4 Å². The second-order valence-electron chi connectivity index (χ2n) is 5.85. The van der Waals surface area contributed by atoms with Crippen LogP contribution >= 0.6 is 0 Å². The zero-order chi connectivity index (χ0) is 16.4. The lowest BCUT2D eigenvalue weighted by Gasteiger charge is -2.09. The number of rotatable bonds is 6. The monoisotopic (exact) mass is 317 g/mol. The molecule has 1 amide bonds. The average Bonchev–Trinajstić information content (AvgIpc) is 3.12. The van der Waals surface area contributed by atoms with Gasteiger partial charge in [0.25, 0.3) is 0 Å². The van der Waals surface area contributed by atoms with Crippen LogP contribution in [0.5, 0.6) is 5.75 Å². The fourth-order valence-electron chi connectivity index (χ4n) is 2.45. The minimum atomic E-state index is -0.379. The lowest BCUT2D eigenvalue weighted by Crippen LogP contribution is -2.27. The number of amides is 1. The highest BCUT2D eigenvalue weighted by Gasteiger charge is 2.21. The van der Waals surface area contributed by atoms with E-state index < -0.39 is 0 Å². The van der Waals surface area contributed by atoms with Crippen molar-refractivity contribution in [2.75, 3.05) is 13.2 Å². The quantitative estimate of drug-likeness (QED) is 0.825. The Bertz CT molecular complexity index is 738. The zero-order valence-electron chi connectivity index (χ0n) is 13.1. The lowest BCUT2D eigenvalue weighted by molar-refractivity contribution is 0.0941. The number of nitrogens with one attached hydrogen (secondary N) is 1. The smallest absolute Gasteiger partial charge is 0.407 e. The van der Waals surface area contributed by atoms with E-state index in [1.165, 1.54) is 0 Å². The molecule has 3 rings (SSSR count). The van der Waals surface area contributed by atoms with Crippen molar-refractivity contribution in [3.8, 4) is 5.75 Å². The van der Waals surface area contributed by atoms with Crippen LogP contribution in [0, 0.1) is 5.92 Å². The van der Waals surface area contributed by atoms with Crippen molar-refractivity contribution in [2.45, 2.75) is 26.3 Å². The summed E-state index contributed by atoms with van der Waals surface area (Å²) in [6.07, 6.45) is 3.62. The van der Waals surface area contributed by atoms with Crippen LogP contribution in [0.3, 0.4) is 0 Å². The molecule has 0 bridgehead atoms. The third-order valence-electron chi connectivity index (χ3n) is 3.75. The zero-order valence-corrected chi connectivity index (χ0v) is 13.1. The topological polar surface area (TPSA) is 81.9 Å². The van der Waals surface area contributed by atoms with E-state index in [0.717, 1.165) is 5.52 Å². The van der Waals surface area contributed by atoms with Crippen molar-refractivity contribution in [2.24, 2.45) is 5.92 Å². The van der Waals surface area contributed by atoms with Gasteiger partial charge in [-0.1, -0.05) is 13.8 Å². The highest BCUT2D eigenvalue weighted by molar-refractivity contribution is 6.03. The van der Waals surface area contributed by atoms with E-state index in [2.05, 4.69) is 10.4 Å². The molecular formula is C16H19N3O4. The minimum absolute atomic E-state index is 0.00815. The van der Waals surface area contributed by atoms with Crippen LogP contribution < -0.4 is 10.1 Å². The summed E-state index contributed by atoms with van der Waals surface area (Å²) in [4.78, 5) is 23.0. The molecule has 23 heavy (non-hydrogen) atoms. The van der Waals surface area contributed by atoms with Gasteiger partial charge in [-0.25, -0.2) is 9.31 Å². The largest absolute Gasteiger partial charge is 0.492 e. The molecule has 2 aromatic rings. The van der Waals surface area contributed by atoms with E-state index in [-0.39, 0.29) is 23.8 Å². The van der Waals surface area contributed by atoms with E-state index >= 15 is 0 Å². The number of alkyl carbamates (subject to hydrolysis) is 1. The summed E-state index contributed by atoms with van der Waals surface area (Å²) in [6.45, 7) is 4.57. The number of cyclic esters (lactones) is 1. The molecule has 0 aliphatic carbocycles. The number of ether oxygens (including phenoxy) is 2. The Hall–Kier alpha value is -2.57. The molecule has 3 heterocycles. The van der Waals surface area contributed by atoms with Crippen LogP contribution in [0.4, 0.5) is 4.79 Å². The van der Waals surface area contributed by atoms with Crippen molar-refractivity contribution in [1.82, 2.24) is 14.9 Å². The van der Waals surface area contributed by atoms with Gasteiger partial charge in [-0.2, -0.15) is 5.10 Å². The second kappa shape index (κ2) is 6.28. The number of pyridine rings is 1. The van der Waals surface area contributed by atoms with Gasteiger partial charge in [-0.05, 0) is 12.1 Å². The number of hydrogen-bond acceptors (Lipinski definition) is 5. The van der Waals surface area contributed by atoms with Gasteiger partial charge >= 0.3 is 6.09 Å². The normalized spacial score (nSPS) is 17.3. The number of fused-ring (bicyclic) bond motifs is 1. The number of carbonyl (C=O) groups excluding carboxylic acids is 2. The maximum absolute atomic E-state index is 12.1. The molecule has 1 fully saturated rings. The maximum Gasteiger partial charge on any atom is 0.407 e. The third kappa shape index (κ3) is 3.28. The molecule has 0 aromatic carbocycles. The number of nitrogens with zero attached hydrogens (tertiary/aromatic N) is 2. The predicted molar refractivity (Wildman–Crippen MR) is 82.7 cm³/mol. The van der Waals surface area contributed by atoms with Gasteiger partial charge in [0.15, 0.2) is 5.78 Å². The van der Waals surface area contributed by atoms with E-state index in [9.17, 15) is 9.59 Å². The molecule has 1 atom stereocenters. The summed E-state index contributed by atoms with van der Waals surface area (Å²) in [7, 11) is 0. The molecule has 1 aliphatic heterocycles. The number of Topliss-reactive ketones (excluding diaryl/α,β-unsaturated/α-hetero) is 1. The molecule has 0 spiro atoms. The van der Waals surface area contributed by atoms with E-state index in [1.54, 1.807) is 16.9 Å². The fraction of sp³-hybridized carbons (Fsp3) is 0.438. The Morgan fingerprint density at radius 3 is 3.04 bits per heavy atom. The maximum atomic E-state index is 12.1. The van der Waals surface area contributed by atoms with Crippen LogP contribution in [-0.4, -0.2) is 40.7 Å². The van der Waals surface area contributed by atoms with Crippen LogP contribution in [0.25, 0.3) is 5.52 Å². The summed E-state index contributed by atoms with van der Waals surface area (Å²) >= 11 is 0. The molecule has 7 heteroatoms. The van der Waals surface area contributed by atoms with Gasteiger partial charge in [-0.15, -0.1) is 0 Å². The second-order valence-corrected chi connectivity index (χ2v) is 5.85. The summed E-state index contributed by atoms with van der Waals surface area (Å²) in [5, 5.41) is 6.92. The number of carbonyl (C=O) groups is 2. The number of aromatic nitrogens is 2. The van der Waals surface area contributed by atoms with Crippen molar-refractivity contribution < 1.29 is 19.1 Å². The Labute approximate surface area is 133 Å². The van der Waals surface area contributed by atoms with Crippen molar-refractivity contribution in [3.63, 3.8) is 0 Å². The van der Waals surface area contributed by atoms with Crippen molar-refractivity contribution in [1.29, 1.82) is 0 Å². The number of ketones is 1. The van der Waals surface area contributed by atoms with Crippen LogP contribution in [-0.2, 0) is 4.74 Å². The first-order valence-corrected chi connectivity index (χ1v) is 7.62. The summed E-state index contributed by atoms with van der Waals surface area (Å²) in [6, 6.07) is 3.64. The molecule has 0 saturated carbocycles. The minimum Gasteiger partial charge on any atom is -0.492 e. The molecule has 0 radical (unpaired) electrons. The summed E-state index contributed by atoms with van der Waals surface area (Å²) in [5.74, 6) is 0.669. The molecule has 1 aliphatic rings. The first-order chi connectivity index (χ1) is 11.0. The molecule has 2 aromatic heterocycles. The summed E-state index contributed by atoms with van der Waals surface area (Å²) < 4.78 is 12.1. The third-order valence-corrected chi connectivity index (χ3v) is 3.75. The van der Waals surface area contributed by atoms with Gasteiger partial charge in [-0.3, -0.25) is 4.79 Å².